The van der Waals surface area contributed by atoms with Crippen molar-refractivity contribution in [3.05, 3.63) is 35.4 Å². The molecule has 0 aromatic heterocycles. The fraction of sp³-hybridized carbons (Fsp3) is 0.650. The first kappa shape index (κ1) is 19.4. The molecule has 6 heteroatoms. The van der Waals surface area contributed by atoms with Crippen molar-refractivity contribution in [2.45, 2.75) is 63.2 Å². The molecule has 2 aliphatic rings. The number of nitrogens with zero attached hydrogens (tertiary/aromatic N) is 2. The van der Waals surface area contributed by atoms with E-state index < -0.39 is 16.9 Å². The van der Waals surface area contributed by atoms with Crippen LogP contribution in [-0.4, -0.2) is 25.7 Å². The molecule has 1 saturated heterocycles. The van der Waals surface area contributed by atoms with E-state index in [1.165, 1.54) is 0 Å². The Balaban J connectivity index is 1.84. The summed E-state index contributed by atoms with van der Waals surface area (Å²) in [6.45, 7) is 6.52. The summed E-state index contributed by atoms with van der Waals surface area (Å²) >= 11 is 0. The average Bonchev–Trinajstić information content (AvgIpc) is 2.57. The molecule has 1 aromatic rings. The second-order valence-corrected chi connectivity index (χ2v) is 10.8. The molecule has 1 aromatic carbocycles. The molecule has 1 aliphatic carbocycles. The predicted molar refractivity (Wildman–Crippen MR) is 98.9 cm³/mol. The number of rotatable bonds is 3. The highest BCUT2D eigenvalue weighted by atomic mass is 32.2. The minimum absolute atomic E-state index is 0.0138. The van der Waals surface area contributed by atoms with Crippen molar-refractivity contribution in [1.29, 1.82) is 5.26 Å². The first-order valence-corrected chi connectivity index (χ1v) is 10.3. The normalized spacial score (nSPS) is 28.2. The van der Waals surface area contributed by atoms with Crippen LogP contribution in [0.4, 0.5) is 8.78 Å². The zero-order valence-electron chi connectivity index (χ0n) is 15.5. The molecule has 1 saturated carbocycles. The maximum Gasteiger partial charge on any atom is 0.248 e. The van der Waals surface area contributed by atoms with E-state index in [9.17, 15) is 13.0 Å². The second kappa shape index (κ2) is 7.01. The van der Waals surface area contributed by atoms with E-state index in [1.54, 1.807) is 12.1 Å². The number of alkyl halides is 2. The van der Waals surface area contributed by atoms with Gasteiger partial charge >= 0.3 is 0 Å². The van der Waals surface area contributed by atoms with Crippen molar-refractivity contribution in [2.24, 2.45) is 11.8 Å². The Hall–Kier alpha value is -1.32. The van der Waals surface area contributed by atoms with Gasteiger partial charge in [0.1, 0.15) is 11.0 Å². The molecule has 0 amide bonds. The van der Waals surface area contributed by atoms with Gasteiger partial charge in [-0.1, -0.05) is 12.1 Å². The van der Waals surface area contributed by atoms with Crippen LogP contribution in [0.2, 0.25) is 0 Å². The van der Waals surface area contributed by atoms with E-state index in [1.807, 2.05) is 37.2 Å². The molecule has 142 valence electrons. The Kier molecular flexibility index (Phi) is 5.24. The lowest BCUT2D eigenvalue weighted by Crippen LogP contribution is -2.48. The van der Waals surface area contributed by atoms with E-state index in [-0.39, 0.29) is 35.5 Å². The lowest BCUT2D eigenvalue weighted by Gasteiger charge is -2.47. The van der Waals surface area contributed by atoms with Crippen LogP contribution in [0.25, 0.3) is 0 Å². The minimum Gasteiger partial charge on any atom is -0.242 e. The summed E-state index contributed by atoms with van der Waals surface area (Å²) in [5.41, 5.74) is 1.60. The number of piperidine rings is 1. The summed E-state index contributed by atoms with van der Waals surface area (Å²) in [5, 5.41) is 9.01. The monoisotopic (exact) mass is 380 g/mol. The molecule has 1 aliphatic heterocycles. The Bertz CT molecular complexity index is 713. The second-order valence-electron chi connectivity index (χ2n) is 8.56. The third kappa shape index (κ3) is 3.99. The third-order valence-electron chi connectivity index (χ3n) is 5.54. The Labute approximate surface area is 157 Å². The highest BCUT2D eigenvalue weighted by molar-refractivity contribution is 7.84. The van der Waals surface area contributed by atoms with Crippen LogP contribution in [-0.2, 0) is 11.0 Å². The molecule has 2 fully saturated rings. The maximum atomic E-state index is 13.3. The van der Waals surface area contributed by atoms with Crippen LogP contribution in [0.15, 0.2) is 24.3 Å². The Morgan fingerprint density at radius 3 is 2.31 bits per heavy atom. The van der Waals surface area contributed by atoms with Crippen molar-refractivity contribution >= 4 is 11.0 Å². The largest absolute Gasteiger partial charge is 0.248 e. The summed E-state index contributed by atoms with van der Waals surface area (Å²) in [6, 6.07) is 9.42. The quantitative estimate of drug-likeness (QED) is 0.755. The van der Waals surface area contributed by atoms with Crippen LogP contribution in [0.3, 0.4) is 0 Å². The zero-order chi connectivity index (χ0) is 19.1. The van der Waals surface area contributed by atoms with Gasteiger partial charge in [-0.3, -0.25) is 0 Å². The van der Waals surface area contributed by atoms with Gasteiger partial charge in [0.05, 0.1) is 16.4 Å². The molecule has 0 spiro atoms. The lowest BCUT2D eigenvalue weighted by atomic mass is 9.68. The topological polar surface area (TPSA) is 44.1 Å². The fourth-order valence-corrected chi connectivity index (χ4v) is 5.49. The van der Waals surface area contributed by atoms with Crippen LogP contribution >= 0.6 is 0 Å². The van der Waals surface area contributed by atoms with E-state index >= 15 is 0 Å². The minimum atomic E-state index is -2.50. The van der Waals surface area contributed by atoms with Crippen LogP contribution < -0.4 is 0 Å². The van der Waals surface area contributed by atoms with Crippen LogP contribution in [0.5, 0.6) is 0 Å². The highest BCUT2D eigenvalue weighted by Crippen LogP contribution is 2.51. The number of hydrogen-bond donors (Lipinski definition) is 0. The summed E-state index contributed by atoms with van der Waals surface area (Å²) in [7, 11) is -1.17. The predicted octanol–water partition coefficient (Wildman–Crippen LogP) is 4.82. The maximum absolute atomic E-state index is 13.3. The van der Waals surface area contributed by atoms with Crippen molar-refractivity contribution in [1.82, 2.24) is 4.31 Å². The molecular weight excluding hydrogens is 354 g/mol. The highest BCUT2D eigenvalue weighted by Gasteiger charge is 2.50. The smallest absolute Gasteiger partial charge is 0.242 e. The zero-order valence-corrected chi connectivity index (χ0v) is 16.4. The van der Waals surface area contributed by atoms with Gasteiger partial charge in [0, 0.05) is 25.4 Å². The first-order valence-electron chi connectivity index (χ1n) is 9.17. The summed E-state index contributed by atoms with van der Waals surface area (Å²) < 4.78 is 41.3. The van der Waals surface area contributed by atoms with Crippen molar-refractivity contribution in [3.8, 4) is 6.07 Å². The number of nitriles is 1. The van der Waals surface area contributed by atoms with Crippen molar-refractivity contribution in [2.75, 3.05) is 6.54 Å². The van der Waals surface area contributed by atoms with Gasteiger partial charge < -0.3 is 0 Å². The van der Waals surface area contributed by atoms with Crippen LogP contribution in [0, 0.1) is 23.2 Å². The molecule has 0 N–H and O–H groups in total. The summed E-state index contributed by atoms with van der Waals surface area (Å²) in [4.78, 5) is 0. The van der Waals surface area contributed by atoms with Crippen molar-refractivity contribution in [3.63, 3.8) is 0 Å². The van der Waals surface area contributed by atoms with E-state index in [2.05, 4.69) is 6.07 Å². The third-order valence-corrected chi connectivity index (χ3v) is 7.45. The molecule has 1 unspecified atom stereocenters. The van der Waals surface area contributed by atoms with E-state index in [0.717, 1.165) is 18.4 Å². The molecule has 26 heavy (non-hydrogen) atoms. The molecule has 3 nitrogen and oxygen atoms in total. The molecule has 0 bridgehead atoms. The number of halogens is 2. The van der Waals surface area contributed by atoms with Gasteiger partial charge in [0.2, 0.25) is 5.92 Å². The van der Waals surface area contributed by atoms with Gasteiger partial charge in [0.15, 0.2) is 0 Å². The first-order chi connectivity index (χ1) is 12.1. The van der Waals surface area contributed by atoms with Gasteiger partial charge in [-0.05, 0) is 63.1 Å². The van der Waals surface area contributed by atoms with Gasteiger partial charge in [-0.15, -0.1) is 0 Å². The van der Waals surface area contributed by atoms with Gasteiger partial charge in [-0.25, -0.2) is 17.3 Å². The fourth-order valence-electron chi connectivity index (χ4n) is 4.07. The lowest BCUT2D eigenvalue weighted by molar-refractivity contribution is -0.132. The molecule has 3 rings (SSSR count). The molecule has 1 heterocycles. The van der Waals surface area contributed by atoms with Gasteiger partial charge in [-0.2, -0.15) is 5.26 Å². The average molecular weight is 381 g/mol. The van der Waals surface area contributed by atoms with Crippen LogP contribution in [0.1, 0.15) is 63.6 Å². The Morgan fingerprint density at radius 2 is 1.81 bits per heavy atom. The molecule has 3 atom stereocenters. The Morgan fingerprint density at radius 1 is 1.19 bits per heavy atom. The standard InChI is InChI=1S/C20H26F2N2OS/c1-19(2,3)26(25)24-9-8-16(17-11-20(21,22)12-17)10-18(24)15-6-4-14(13-23)5-7-15/h4-7,16-18H,8-12H2,1-3H3/t16-,18+,26?/m0/s1. The summed E-state index contributed by atoms with van der Waals surface area (Å²) in [6.07, 6.45) is 1.53. The SMILES string of the molecule is CC(C)(C)S(=O)N1CC[C@H](C2CC(F)(F)C2)C[C@@H]1c1ccc(C#N)cc1. The molecule has 0 radical (unpaired) electrons. The molecular formula is C20H26F2N2OS. The van der Waals surface area contributed by atoms with Crippen molar-refractivity contribution < 1.29 is 13.0 Å². The van der Waals surface area contributed by atoms with E-state index in [4.69, 9.17) is 5.26 Å². The van der Waals surface area contributed by atoms with Gasteiger partial charge in [0.25, 0.3) is 0 Å². The number of hydrogen-bond acceptors (Lipinski definition) is 2. The van der Waals surface area contributed by atoms with E-state index in [0.29, 0.717) is 12.1 Å². The summed E-state index contributed by atoms with van der Waals surface area (Å²) in [5.74, 6) is -2.19. The number of benzene rings is 1.